The monoisotopic (exact) mass is 253 g/mol. The molecule has 1 unspecified atom stereocenters. The molecule has 2 aromatic carbocycles. The van der Waals surface area contributed by atoms with Crippen molar-refractivity contribution < 1.29 is 4.79 Å². The van der Waals surface area contributed by atoms with E-state index in [9.17, 15) is 4.79 Å². The van der Waals surface area contributed by atoms with Crippen LogP contribution in [0.3, 0.4) is 0 Å². The first-order valence-electron chi connectivity index (χ1n) is 6.46. The molecule has 2 N–H and O–H groups in total. The van der Waals surface area contributed by atoms with E-state index in [-0.39, 0.29) is 11.8 Å². The maximum Gasteiger partial charge on any atom is 0.193 e. The molecular formula is C17H19NO. The summed E-state index contributed by atoms with van der Waals surface area (Å²) in [5.74, 6) is 0.0549. The molecule has 0 bridgehead atoms. The molecule has 19 heavy (non-hydrogen) atoms. The van der Waals surface area contributed by atoms with Gasteiger partial charge in [0.25, 0.3) is 0 Å². The summed E-state index contributed by atoms with van der Waals surface area (Å²) in [5.41, 5.74) is 10.6. The predicted molar refractivity (Wildman–Crippen MR) is 78.4 cm³/mol. The van der Waals surface area contributed by atoms with E-state index >= 15 is 0 Å². The van der Waals surface area contributed by atoms with Crippen molar-refractivity contribution in [1.29, 1.82) is 0 Å². The van der Waals surface area contributed by atoms with Crippen LogP contribution in [0.25, 0.3) is 0 Å². The van der Waals surface area contributed by atoms with Gasteiger partial charge in [-0.3, -0.25) is 4.79 Å². The van der Waals surface area contributed by atoms with Gasteiger partial charge in [-0.2, -0.15) is 0 Å². The molecule has 0 aliphatic rings. The van der Waals surface area contributed by atoms with Crippen LogP contribution < -0.4 is 5.73 Å². The number of hydrogen-bond acceptors (Lipinski definition) is 2. The Hall–Kier alpha value is -1.93. The lowest BCUT2D eigenvalue weighted by Gasteiger charge is -2.08. The van der Waals surface area contributed by atoms with Crippen LogP contribution in [-0.4, -0.2) is 5.78 Å². The molecule has 98 valence electrons. The van der Waals surface area contributed by atoms with Gasteiger partial charge in [0.05, 0.1) is 0 Å². The summed E-state index contributed by atoms with van der Waals surface area (Å²) in [6.45, 7) is 5.99. The quantitative estimate of drug-likeness (QED) is 0.850. The van der Waals surface area contributed by atoms with E-state index in [4.69, 9.17) is 5.73 Å². The van der Waals surface area contributed by atoms with Gasteiger partial charge in [-0.15, -0.1) is 0 Å². The molecule has 1 atom stereocenters. The van der Waals surface area contributed by atoms with Crippen molar-refractivity contribution in [2.24, 2.45) is 5.73 Å². The Bertz CT molecular complexity index is 597. The van der Waals surface area contributed by atoms with Crippen LogP contribution in [0.4, 0.5) is 0 Å². The highest BCUT2D eigenvalue weighted by molar-refractivity contribution is 6.09. The molecular weight excluding hydrogens is 234 g/mol. The van der Waals surface area contributed by atoms with Crippen LogP contribution in [0.15, 0.2) is 42.5 Å². The van der Waals surface area contributed by atoms with Gasteiger partial charge in [0.2, 0.25) is 0 Å². The number of nitrogens with two attached hydrogens (primary N) is 1. The molecule has 0 fully saturated rings. The first-order chi connectivity index (χ1) is 8.99. The molecule has 0 aliphatic carbocycles. The van der Waals surface area contributed by atoms with Crippen molar-refractivity contribution in [3.05, 3.63) is 70.3 Å². The van der Waals surface area contributed by atoms with Gasteiger partial charge < -0.3 is 5.73 Å². The second-order valence-corrected chi connectivity index (χ2v) is 5.04. The Labute approximate surface area is 114 Å². The number of rotatable bonds is 3. The fourth-order valence-electron chi connectivity index (χ4n) is 1.99. The van der Waals surface area contributed by atoms with E-state index in [0.29, 0.717) is 5.56 Å². The molecule has 0 amide bonds. The minimum atomic E-state index is -0.00855. The third kappa shape index (κ3) is 2.91. The topological polar surface area (TPSA) is 43.1 Å². The zero-order chi connectivity index (χ0) is 14.0. The maximum absolute atomic E-state index is 12.4. The summed E-state index contributed by atoms with van der Waals surface area (Å²) >= 11 is 0. The molecule has 2 nitrogen and oxygen atoms in total. The minimum absolute atomic E-state index is 0.00855. The number of hydrogen-bond donors (Lipinski definition) is 1. The lowest BCUT2D eigenvalue weighted by atomic mass is 9.98. The van der Waals surface area contributed by atoms with Crippen LogP contribution >= 0.6 is 0 Å². The third-order valence-corrected chi connectivity index (χ3v) is 3.47. The van der Waals surface area contributed by atoms with Gasteiger partial charge in [0, 0.05) is 17.2 Å². The molecule has 0 spiro atoms. The van der Waals surface area contributed by atoms with Gasteiger partial charge in [0.1, 0.15) is 0 Å². The summed E-state index contributed by atoms with van der Waals surface area (Å²) in [6, 6.07) is 13.3. The molecule has 2 rings (SSSR count). The standard InChI is InChI=1S/C17H19NO/c1-11-4-5-16(10-12(11)2)17(19)15-8-6-14(7-9-15)13(3)18/h4-10,13H,18H2,1-3H3. The summed E-state index contributed by atoms with van der Waals surface area (Å²) in [4.78, 5) is 12.4. The average Bonchev–Trinajstić information content (AvgIpc) is 2.41. The van der Waals surface area contributed by atoms with Gasteiger partial charge in [0.15, 0.2) is 5.78 Å². The van der Waals surface area contributed by atoms with Crippen molar-refractivity contribution >= 4 is 5.78 Å². The number of benzene rings is 2. The largest absolute Gasteiger partial charge is 0.324 e. The average molecular weight is 253 g/mol. The Balaban J connectivity index is 2.30. The zero-order valence-corrected chi connectivity index (χ0v) is 11.6. The number of ketones is 1. The van der Waals surface area contributed by atoms with E-state index < -0.39 is 0 Å². The SMILES string of the molecule is Cc1ccc(C(=O)c2ccc(C(C)N)cc2)cc1C. The number of carbonyl (C=O) groups is 1. The predicted octanol–water partition coefficient (Wildman–Crippen LogP) is 3.55. The van der Waals surface area contributed by atoms with Crippen LogP contribution in [0.2, 0.25) is 0 Å². The molecule has 0 aliphatic heterocycles. The fraction of sp³-hybridized carbons (Fsp3) is 0.235. The highest BCUT2D eigenvalue weighted by Crippen LogP contribution is 2.16. The van der Waals surface area contributed by atoms with Crippen molar-refractivity contribution in [1.82, 2.24) is 0 Å². The lowest BCUT2D eigenvalue weighted by molar-refractivity contribution is 0.103. The summed E-state index contributed by atoms with van der Waals surface area (Å²) in [5, 5.41) is 0. The van der Waals surface area contributed by atoms with E-state index in [1.54, 1.807) is 0 Å². The molecule has 0 aromatic heterocycles. The molecule has 0 saturated carbocycles. The second kappa shape index (κ2) is 5.37. The molecule has 0 heterocycles. The third-order valence-electron chi connectivity index (χ3n) is 3.47. The second-order valence-electron chi connectivity index (χ2n) is 5.04. The Kier molecular flexibility index (Phi) is 3.82. The van der Waals surface area contributed by atoms with Gasteiger partial charge in [-0.1, -0.05) is 36.4 Å². The van der Waals surface area contributed by atoms with E-state index in [1.165, 1.54) is 5.56 Å². The first kappa shape index (κ1) is 13.5. The van der Waals surface area contributed by atoms with Crippen molar-refractivity contribution in [3.63, 3.8) is 0 Å². The van der Waals surface area contributed by atoms with Gasteiger partial charge >= 0.3 is 0 Å². The number of carbonyl (C=O) groups excluding carboxylic acids is 1. The zero-order valence-electron chi connectivity index (χ0n) is 11.6. The Morgan fingerprint density at radius 2 is 1.53 bits per heavy atom. The van der Waals surface area contributed by atoms with Gasteiger partial charge in [-0.05, 0) is 43.5 Å². The normalized spacial score (nSPS) is 12.2. The van der Waals surface area contributed by atoms with Crippen LogP contribution in [0, 0.1) is 13.8 Å². The Morgan fingerprint density at radius 3 is 2.05 bits per heavy atom. The maximum atomic E-state index is 12.4. The number of aryl methyl sites for hydroxylation is 2. The van der Waals surface area contributed by atoms with E-state index in [1.807, 2.05) is 63.2 Å². The fourth-order valence-corrected chi connectivity index (χ4v) is 1.99. The van der Waals surface area contributed by atoms with E-state index in [0.717, 1.165) is 16.7 Å². The smallest absolute Gasteiger partial charge is 0.193 e. The minimum Gasteiger partial charge on any atom is -0.324 e. The van der Waals surface area contributed by atoms with Crippen molar-refractivity contribution in [3.8, 4) is 0 Å². The Morgan fingerprint density at radius 1 is 0.947 bits per heavy atom. The van der Waals surface area contributed by atoms with Crippen molar-refractivity contribution in [2.45, 2.75) is 26.8 Å². The molecule has 0 radical (unpaired) electrons. The van der Waals surface area contributed by atoms with E-state index in [2.05, 4.69) is 0 Å². The highest BCUT2D eigenvalue weighted by atomic mass is 16.1. The summed E-state index contributed by atoms with van der Waals surface area (Å²) in [6.07, 6.45) is 0. The lowest BCUT2D eigenvalue weighted by Crippen LogP contribution is -2.06. The summed E-state index contributed by atoms with van der Waals surface area (Å²) in [7, 11) is 0. The summed E-state index contributed by atoms with van der Waals surface area (Å²) < 4.78 is 0. The van der Waals surface area contributed by atoms with Gasteiger partial charge in [-0.25, -0.2) is 0 Å². The highest BCUT2D eigenvalue weighted by Gasteiger charge is 2.10. The molecule has 2 aromatic rings. The molecule has 0 saturated heterocycles. The molecule has 2 heteroatoms. The van der Waals surface area contributed by atoms with Crippen molar-refractivity contribution in [2.75, 3.05) is 0 Å². The van der Waals surface area contributed by atoms with Crippen LogP contribution in [-0.2, 0) is 0 Å². The first-order valence-corrected chi connectivity index (χ1v) is 6.46. The van der Waals surface area contributed by atoms with Crippen LogP contribution in [0.5, 0.6) is 0 Å². The van der Waals surface area contributed by atoms with Crippen LogP contribution in [0.1, 0.15) is 45.6 Å².